The molecule has 24 heavy (non-hydrogen) atoms. The topological polar surface area (TPSA) is 66.5 Å². The summed E-state index contributed by atoms with van der Waals surface area (Å²) in [4.78, 5) is 13.6. The van der Waals surface area contributed by atoms with Crippen LogP contribution in [0.25, 0.3) is 0 Å². The second kappa shape index (κ2) is 7.44. The molecular weight excluding hydrogens is 331 g/mol. The van der Waals surface area contributed by atoms with E-state index in [1.54, 1.807) is 30.3 Å². The fourth-order valence-corrected chi connectivity index (χ4v) is 3.41. The number of carbonyl (C=O) groups excluding carboxylic acids is 1. The lowest BCUT2D eigenvalue weighted by molar-refractivity contribution is 0.194. The summed E-state index contributed by atoms with van der Waals surface area (Å²) in [6, 6.07) is 12.3. The van der Waals surface area contributed by atoms with Crippen molar-refractivity contribution in [1.82, 2.24) is 9.62 Å². The number of hydrogen-bond donors (Lipinski definition) is 1. The minimum atomic E-state index is -3.94. The van der Waals surface area contributed by atoms with Gasteiger partial charge in [0.2, 0.25) is 0 Å². The largest absolute Gasteiger partial charge is 0.331 e. The predicted molar refractivity (Wildman–Crippen MR) is 89.4 cm³/mol. The van der Waals surface area contributed by atoms with Crippen molar-refractivity contribution in [3.05, 3.63) is 66.0 Å². The van der Waals surface area contributed by atoms with E-state index in [-0.39, 0.29) is 16.8 Å². The maximum absolute atomic E-state index is 13.1. The van der Waals surface area contributed by atoms with Gasteiger partial charge in [-0.2, -0.15) is 0 Å². The molecule has 7 heteroatoms. The van der Waals surface area contributed by atoms with Gasteiger partial charge in [-0.3, -0.25) is 0 Å². The van der Waals surface area contributed by atoms with E-state index in [0.29, 0.717) is 6.42 Å². The molecule has 2 aromatic rings. The van der Waals surface area contributed by atoms with Gasteiger partial charge in [-0.15, -0.1) is 0 Å². The molecule has 1 unspecified atom stereocenters. The zero-order valence-electron chi connectivity index (χ0n) is 13.4. The van der Waals surface area contributed by atoms with Crippen LogP contribution in [0, 0.1) is 5.82 Å². The molecule has 1 N–H and O–H groups in total. The van der Waals surface area contributed by atoms with Crippen LogP contribution in [-0.2, 0) is 10.0 Å². The first-order valence-corrected chi connectivity index (χ1v) is 8.93. The van der Waals surface area contributed by atoms with Gasteiger partial charge in [0.15, 0.2) is 0 Å². The number of rotatable bonds is 5. The Balaban J connectivity index is 2.17. The van der Waals surface area contributed by atoms with Crippen LogP contribution in [0.4, 0.5) is 9.18 Å². The second-order valence-electron chi connectivity index (χ2n) is 5.31. The van der Waals surface area contributed by atoms with Crippen molar-refractivity contribution in [2.24, 2.45) is 0 Å². The highest BCUT2D eigenvalue weighted by Crippen LogP contribution is 2.23. The van der Waals surface area contributed by atoms with E-state index in [9.17, 15) is 17.6 Å². The van der Waals surface area contributed by atoms with Crippen LogP contribution in [-0.4, -0.2) is 26.4 Å². The Morgan fingerprint density at radius 2 is 1.71 bits per heavy atom. The van der Waals surface area contributed by atoms with Crippen molar-refractivity contribution in [1.29, 1.82) is 0 Å². The maximum atomic E-state index is 13.1. The minimum Gasteiger partial charge on any atom is -0.320 e. The van der Waals surface area contributed by atoms with Gasteiger partial charge in [-0.05, 0) is 36.2 Å². The molecular formula is C17H19FN2O3S. The third kappa shape index (κ3) is 4.11. The monoisotopic (exact) mass is 350 g/mol. The molecule has 0 aromatic heterocycles. The first-order chi connectivity index (χ1) is 11.3. The molecule has 0 saturated heterocycles. The van der Waals surface area contributed by atoms with Gasteiger partial charge in [-0.25, -0.2) is 22.3 Å². The number of nitrogens with one attached hydrogen (secondary N) is 1. The summed E-state index contributed by atoms with van der Waals surface area (Å²) < 4.78 is 39.6. The van der Waals surface area contributed by atoms with Crippen LogP contribution >= 0.6 is 0 Å². The average molecular weight is 350 g/mol. The van der Waals surface area contributed by atoms with Gasteiger partial charge in [-0.1, -0.05) is 37.3 Å². The maximum Gasteiger partial charge on any atom is 0.331 e. The van der Waals surface area contributed by atoms with Crippen LogP contribution in [0.1, 0.15) is 24.9 Å². The van der Waals surface area contributed by atoms with Crippen LogP contribution in [0.15, 0.2) is 59.5 Å². The number of urea groups is 1. The summed E-state index contributed by atoms with van der Waals surface area (Å²) >= 11 is 0. The normalized spacial score (nSPS) is 12.5. The number of amides is 2. The fraction of sp³-hybridized carbons (Fsp3) is 0.235. The van der Waals surface area contributed by atoms with E-state index in [0.717, 1.165) is 5.56 Å². The third-order valence-electron chi connectivity index (χ3n) is 3.70. The summed E-state index contributed by atoms with van der Waals surface area (Å²) in [6.07, 6.45) is 0.556. The van der Waals surface area contributed by atoms with E-state index in [4.69, 9.17) is 0 Å². The molecule has 0 spiro atoms. The lowest BCUT2D eigenvalue weighted by Gasteiger charge is -2.27. The molecule has 0 heterocycles. The summed E-state index contributed by atoms with van der Waals surface area (Å²) in [5, 5.41) is 0. The number of carbonyl (C=O) groups is 1. The van der Waals surface area contributed by atoms with E-state index in [1.165, 1.54) is 36.2 Å². The molecule has 0 fully saturated rings. The van der Waals surface area contributed by atoms with Crippen LogP contribution in [0.3, 0.4) is 0 Å². The molecule has 0 radical (unpaired) electrons. The number of benzene rings is 2. The molecule has 1 atom stereocenters. The molecule has 5 nitrogen and oxygen atoms in total. The smallest absolute Gasteiger partial charge is 0.320 e. The SMILES string of the molecule is CCC(c1ccc(F)cc1)N(C)C(=O)NS(=O)(=O)c1ccccc1. The van der Waals surface area contributed by atoms with E-state index >= 15 is 0 Å². The highest BCUT2D eigenvalue weighted by molar-refractivity contribution is 7.90. The van der Waals surface area contributed by atoms with Gasteiger partial charge < -0.3 is 4.90 Å². The Bertz CT molecular complexity index is 792. The molecule has 0 aliphatic rings. The Morgan fingerprint density at radius 1 is 1.12 bits per heavy atom. The molecule has 2 amide bonds. The quantitative estimate of drug-likeness (QED) is 0.900. The molecule has 2 aromatic carbocycles. The molecule has 0 aliphatic carbocycles. The highest BCUT2D eigenvalue weighted by Gasteiger charge is 2.24. The molecule has 2 rings (SSSR count). The van der Waals surface area contributed by atoms with Crippen LogP contribution < -0.4 is 4.72 Å². The summed E-state index contributed by atoms with van der Waals surface area (Å²) in [5.74, 6) is -0.368. The van der Waals surface area contributed by atoms with E-state index in [1.807, 2.05) is 6.92 Å². The van der Waals surface area contributed by atoms with Crippen LogP contribution in [0.5, 0.6) is 0 Å². The highest BCUT2D eigenvalue weighted by atomic mass is 32.2. The fourth-order valence-electron chi connectivity index (χ4n) is 2.41. The lowest BCUT2D eigenvalue weighted by atomic mass is 10.0. The lowest BCUT2D eigenvalue weighted by Crippen LogP contribution is -2.42. The van der Waals surface area contributed by atoms with Crippen molar-refractivity contribution in [2.75, 3.05) is 7.05 Å². The van der Waals surface area contributed by atoms with Gasteiger partial charge >= 0.3 is 6.03 Å². The molecule has 0 aliphatic heterocycles. The number of nitrogens with zero attached hydrogens (tertiary/aromatic N) is 1. The van der Waals surface area contributed by atoms with Crippen molar-refractivity contribution >= 4 is 16.1 Å². The number of halogens is 1. The van der Waals surface area contributed by atoms with Crippen LogP contribution in [0.2, 0.25) is 0 Å². The van der Waals surface area contributed by atoms with Crippen molar-refractivity contribution < 1.29 is 17.6 Å². The predicted octanol–water partition coefficient (Wildman–Crippen LogP) is 3.31. The third-order valence-corrected chi connectivity index (χ3v) is 5.04. The summed E-state index contributed by atoms with van der Waals surface area (Å²) in [7, 11) is -2.43. The standard InChI is InChI=1S/C17H19FN2O3S/c1-3-16(13-9-11-14(18)12-10-13)20(2)17(21)19-24(22,23)15-7-5-4-6-8-15/h4-12,16H,3H2,1-2H3,(H,19,21). The molecule has 0 bridgehead atoms. The Kier molecular flexibility index (Phi) is 5.56. The van der Waals surface area contributed by atoms with Crippen molar-refractivity contribution in [3.8, 4) is 0 Å². The average Bonchev–Trinajstić information content (AvgIpc) is 2.57. The van der Waals surface area contributed by atoms with Gasteiger partial charge in [0.25, 0.3) is 10.0 Å². The van der Waals surface area contributed by atoms with E-state index < -0.39 is 16.1 Å². The van der Waals surface area contributed by atoms with Gasteiger partial charge in [0.05, 0.1) is 10.9 Å². The molecule has 0 saturated carbocycles. The zero-order chi connectivity index (χ0) is 17.7. The Morgan fingerprint density at radius 3 is 2.25 bits per heavy atom. The summed E-state index contributed by atoms with van der Waals surface area (Å²) in [5.41, 5.74) is 0.730. The summed E-state index contributed by atoms with van der Waals surface area (Å²) in [6.45, 7) is 1.86. The van der Waals surface area contributed by atoms with E-state index in [2.05, 4.69) is 4.72 Å². The second-order valence-corrected chi connectivity index (χ2v) is 6.99. The first kappa shape index (κ1) is 17.9. The van der Waals surface area contributed by atoms with Gasteiger partial charge in [0, 0.05) is 7.05 Å². The Labute approximate surface area is 141 Å². The van der Waals surface area contributed by atoms with Gasteiger partial charge in [0.1, 0.15) is 5.82 Å². The molecule has 128 valence electrons. The number of hydrogen-bond acceptors (Lipinski definition) is 3. The van der Waals surface area contributed by atoms with Crippen molar-refractivity contribution in [2.45, 2.75) is 24.3 Å². The zero-order valence-corrected chi connectivity index (χ0v) is 14.3. The van der Waals surface area contributed by atoms with Crippen molar-refractivity contribution in [3.63, 3.8) is 0 Å². The first-order valence-electron chi connectivity index (χ1n) is 7.45. The Hall–Kier alpha value is -2.41. The number of sulfonamides is 1. The minimum absolute atomic E-state index is 0.0154.